The lowest BCUT2D eigenvalue weighted by Crippen LogP contribution is -2.23. The van der Waals surface area contributed by atoms with Crippen molar-refractivity contribution in [2.45, 2.75) is 32.9 Å². The van der Waals surface area contributed by atoms with Crippen LogP contribution in [0.3, 0.4) is 0 Å². The van der Waals surface area contributed by atoms with Crippen LogP contribution in [0.25, 0.3) is 0 Å². The molecule has 0 aliphatic rings. The van der Waals surface area contributed by atoms with Crippen LogP contribution in [0, 0.1) is 6.92 Å². The third kappa shape index (κ3) is 3.58. The summed E-state index contributed by atoms with van der Waals surface area (Å²) in [5.41, 5.74) is 3.49. The Bertz CT molecular complexity index is 534. The first-order valence-corrected chi connectivity index (χ1v) is 6.92. The first-order valence-electron chi connectivity index (χ1n) is 6.92. The standard InChI is InChI=1S/C17H22N2O/c1-12-5-10-17(18-11-12)14(3)19-13(2)15-6-8-16(20-4)9-7-15/h5-11,13-14,19H,1-4H3. The van der Waals surface area contributed by atoms with Gasteiger partial charge in [0.1, 0.15) is 5.75 Å². The monoisotopic (exact) mass is 270 g/mol. The fourth-order valence-corrected chi connectivity index (χ4v) is 2.18. The van der Waals surface area contributed by atoms with Crippen LogP contribution >= 0.6 is 0 Å². The molecule has 2 aromatic rings. The average molecular weight is 270 g/mol. The summed E-state index contributed by atoms with van der Waals surface area (Å²) in [5, 5.41) is 3.57. The van der Waals surface area contributed by atoms with E-state index in [0.29, 0.717) is 0 Å². The van der Waals surface area contributed by atoms with Crippen molar-refractivity contribution in [3.05, 3.63) is 59.4 Å². The molecule has 2 unspecified atom stereocenters. The average Bonchev–Trinajstić information content (AvgIpc) is 2.48. The van der Waals surface area contributed by atoms with E-state index in [-0.39, 0.29) is 12.1 Å². The molecule has 106 valence electrons. The molecule has 0 saturated carbocycles. The number of hydrogen-bond acceptors (Lipinski definition) is 3. The van der Waals surface area contributed by atoms with Crippen LogP contribution in [0.4, 0.5) is 0 Å². The highest BCUT2D eigenvalue weighted by Gasteiger charge is 2.12. The number of methoxy groups -OCH3 is 1. The van der Waals surface area contributed by atoms with E-state index in [1.54, 1.807) is 7.11 Å². The molecule has 0 saturated heterocycles. The Hall–Kier alpha value is -1.87. The van der Waals surface area contributed by atoms with E-state index in [4.69, 9.17) is 4.74 Å². The van der Waals surface area contributed by atoms with Crippen molar-refractivity contribution in [2.24, 2.45) is 0 Å². The number of nitrogens with one attached hydrogen (secondary N) is 1. The van der Waals surface area contributed by atoms with Crippen molar-refractivity contribution in [1.82, 2.24) is 10.3 Å². The SMILES string of the molecule is COc1ccc(C(C)NC(C)c2ccc(C)cn2)cc1. The van der Waals surface area contributed by atoms with Gasteiger partial charge in [-0.3, -0.25) is 4.98 Å². The first kappa shape index (κ1) is 14.5. The van der Waals surface area contributed by atoms with E-state index < -0.39 is 0 Å². The van der Waals surface area contributed by atoms with Crippen LogP contribution in [0.2, 0.25) is 0 Å². The number of aryl methyl sites for hydroxylation is 1. The second kappa shape index (κ2) is 6.53. The van der Waals surface area contributed by atoms with Crippen LogP contribution in [-0.2, 0) is 0 Å². The lowest BCUT2D eigenvalue weighted by molar-refractivity contribution is 0.414. The number of aromatic nitrogens is 1. The zero-order valence-electron chi connectivity index (χ0n) is 12.6. The van der Waals surface area contributed by atoms with Crippen molar-refractivity contribution in [3.63, 3.8) is 0 Å². The van der Waals surface area contributed by atoms with E-state index in [0.717, 1.165) is 11.4 Å². The zero-order chi connectivity index (χ0) is 14.5. The van der Waals surface area contributed by atoms with Crippen LogP contribution in [-0.4, -0.2) is 12.1 Å². The number of hydrogen-bond donors (Lipinski definition) is 1. The lowest BCUT2D eigenvalue weighted by Gasteiger charge is -2.20. The predicted molar refractivity (Wildman–Crippen MR) is 81.9 cm³/mol. The molecule has 2 rings (SSSR count). The molecule has 0 aliphatic heterocycles. The van der Waals surface area contributed by atoms with E-state index in [9.17, 15) is 0 Å². The van der Waals surface area contributed by atoms with Crippen molar-refractivity contribution < 1.29 is 4.74 Å². The van der Waals surface area contributed by atoms with Crippen molar-refractivity contribution in [3.8, 4) is 5.75 Å². The summed E-state index contributed by atoms with van der Waals surface area (Å²) in [5.74, 6) is 0.884. The van der Waals surface area contributed by atoms with Crippen molar-refractivity contribution in [1.29, 1.82) is 0 Å². The highest BCUT2D eigenvalue weighted by atomic mass is 16.5. The number of ether oxygens (including phenoxy) is 1. The van der Waals surface area contributed by atoms with Crippen LogP contribution in [0.5, 0.6) is 5.75 Å². The molecule has 3 heteroatoms. The number of pyridine rings is 1. The molecule has 0 bridgehead atoms. The third-order valence-corrected chi connectivity index (χ3v) is 3.49. The largest absolute Gasteiger partial charge is 0.497 e. The Balaban J connectivity index is 2.02. The van der Waals surface area contributed by atoms with Crippen molar-refractivity contribution >= 4 is 0 Å². The molecular formula is C17H22N2O. The summed E-state index contributed by atoms with van der Waals surface area (Å²) in [4.78, 5) is 4.47. The minimum absolute atomic E-state index is 0.215. The van der Waals surface area contributed by atoms with Gasteiger partial charge in [-0.25, -0.2) is 0 Å². The fraction of sp³-hybridized carbons (Fsp3) is 0.353. The van der Waals surface area contributed by atoms with Gasteiger partial charge in [0.25, 0.3) is 0 Å². The molecule has 0 radical (unpaired) electrons. The number of rotatable bonds is 5. The second-order valence-corrected chi connectivity index (χ2v) is 5.14. The summed E-state index contributed by atoms with van der Waals surface area (Å²) >= 11 is 0. The summed E-state index contributed by atoms with van der Waals surface area (Å²) in [6, 6.07) is 12.8. The van der Waals surface area contributed by atoms with Gasteiger partial charge in [0.15, 0.2) is 0 Å². The van der Waals surface area contributed by atoms with Crippen LogP contribution in [0.1, 0.15) is 42.8 Å². The maximum absolute atomic E-state index is 5.18. The third-order valence-electron chi connectivity index (χ3n) is 3.49. The Morgan fingerprint density at radius 1 is 1.00 bits per heavy atom. The molecule has 1 N–H and O–H groups in total. The summed E-state index contributed by atoms with van der Waals surface area (Å²) in [7, 11) is 1.68. The lowest BCUT2D eigenvalue weighted by atomic mass is 10.1. The van der Waals surface area contributed by atoms with Crippen LogP contribution in [0.15, 0.2) is 42.6 Å². The zero-order valence-corrected chi connectivity index (χ0v) is 12.6. The quantitative estimate of drug-likeness (QED) is 0.897. The van der Waals surface area contributed by atoms with E-state index in [2.05, 4.69) is 55.3 Å². The molecule has 0 aliphatic carbocycles. The molecule has 0 spiro atoms. The van der Waals surface area contributed by atoms with Gasteiger partial charge in [0.05, 0.1) is 12.8 Å². The van der Waals surface area contributed by atoms with Gasteiger partial charge in [0.2, 0.25) is 0 Å². The van der Waals surface area contributed by atoms with Gasteiger partial charge in [-0.2, -0.15) is 0 Å². The van der Waals surface area contributed by atoms with Gasteiger partial charge in [-0.15, -0.1) is 0 Å². The Morgan fingerprint density at radius 3 is 2.25 bits per heavy atom. The minimum Gasteiger partial charge on any atom is -0.497 e. The summed E-state index contributed by atoms with van der Waals surface area (Å²) in [6.45, 7) is 6.35. The molecule has 0 amide bonds. The van der Waals surface area contributed by atoms with Gasteiger partial charge in [-0.1, -0.05) is 18.2 Å². The number of nitrogens with zero attached hydrogens (tertiary/aromatic N) is 1. The van der Waals surface area contributed by atoms with Gasteiger partial charge in [0, 0.05) is 18.3 Å². The maximum Gasteiger partial charge on any atom is 0.118 e. The molecule has 0 fully saturated rings. The molecule has 1 heterocycles. The first-order chi connectivity index (χ1) is 9.60. The smallest absolute Gasteiger partial charge is 0.118 e. The van der Waals surface area contributed by atoms with E-state index >= 15 is 0 Å². The molecule has 1 aromatic heterocycles. The molecule has 1 aromatic carbocycles. The molecular weight excluding hydrogens is 248 g/mol. The van der Waals surface area contributed by atoms with Gasteiger partial charge in [-0.05, 0) is 50.1 Å². The summed E-state index contributed by atoms with van der Waals surface area (Å²) in [6.07, 6.45) is 1.91. The molecule has 3 nitrogen and oxygen atoms in total. The molecule has 2 atom stereocenters. The Kier molecular flexibility index (Phi) is 4.74. The normalized spacial score (nSPS) is 13.8. The highest BCUT2D eigenvalue weighted by Crippen LogP contribution is 2.20. The van der Waals surface area contributed by atoms with Crippen molar-refractivity contribution in [2.75, 3.05) is 7.11 Å². The Labute approximate surface area is 121 Å². The maximum atomic E-state index is 5.18. The topological polar surface area (TPSA) is 34.1 Å². The van der Waals surface area contributed by atoms with Gasteiger partial charge < -0.3 is 10.1 Å². The minimum atomic E-state index is 0.215. The second-order valence-electron chi connectivity index (χ2n) is 5.14. The van der Waals surface area contributed by atoms with E-state index in [1.807, 2.05) is 18.3 Å². The van der Waals surface area contributed by atoms with Gasteiger partial charge >= 0.3 is 0 Å². The van der Waals surface area contributed by atoms with E-state index in [1.165, 1.54) is 11.1 Å². The Morgan fingerprint density at radius 2 is 1.70 bits per heavy atom. The highest BCUT2D eigenvalue weighted by molar-refractivity contribution is 5.29. The predicted octanol–water partition coefficient (Wildman–Crippen LogP) is 3.81. The molecule has 20 heavy (non-hydrogen) atoms. The fourth-order valence-electron chi connectivity index (χ4n) is 2.18. The summed E-state index contributed by atoms with van der Waals surface area (Å²) < 4.78 is 5.18. The van der Waals surface area contributed by atoms with Crippen LogP contribution < -0.4 is 10.1 Å². The number of benzene rings is 1.